The third-order valence-corrected chi connectivity index (χ3v) is 3.48. The van der Waals surface area contributed by atoms with Gasteiger partial charge in [0.05, 0.1) is 5.84 Å². The number of hydrogen-bond acceptors (Lipinski definition) is 1. The van der Waals surface area contributed by atoms with Crippen LogP contribution in [-0.4, -0.2) is 30.9 Å². The fourth-order valence-electron chi connectivity index (χ4n) is 2.76. The molecule has 1 saturated heterocycles. The van der Waals surface area contributed by atoms with E-state index < -0.39 is 0 Å². The molecule has 0 aromatic rings. The lowest BCUT2D eigenvalue weighted by Crippen LogP contribution is -2.33. The van der Waals surface area contributed by atoms with Crippen molar-refractivity contribution in [2.45, 2.75) is 38.1 Å². The Hall–Kier alpha value is -0.530. The lowest BCUT2D eigenvalue weighted by molar-refractivity contribution is 0.238. The van der Waals surface area contributed by atoms with E-state index in [1.54, 1.807) is 0 Å². The summed E-state index contributed by atoms with van der Waals surface area (Å²) in [6.07, 6.45) is 6.90. The molecule has 68 valence electrons. The van der Waals surface area contributed by atoms with Gasteiger partial charge in [-0.15, -0.1) is 0 Å². The van der Waals surface area contributed by atoms with Gasteiger partial charge in [-0.25, -0.2) is 0 Å². The van der Waals surface area contributed by atoms with Crippen LogP contribution >= 0.6 is 0 Å². The summed E-state index contributed by atoms with van der Waals surface area (Å²) < 4.78 is 0. The Bertz CT molecular complexity index is 198. The van der Waals surface area contributed by atoms with E-state index in [-0.39, 0.29) is 0 Å². The number of amidine groups is 1. The highest BCUT2D eigenvalue weighted by Crippen LogP contribution is 2.36. The first-order valence-electron chi connectivity index (χ1n) is 5.01. The molecule has 2 heteroatoms. The monoisotopic (exact) mass is 166 g/mol. The summed E-state index contributed by atoms with van der Waals surface area (Å²) in [6.45, 7) is 0. The first kappa shape index (κ1) is 8.09. The van der Waals surface area contributed by atoms with Gasteiger partial charge in [0.1, 0.15) is 0 Å². The second-order valence-corrected chi connectivity index (χ2v) is 4.07. The number of rotatable bonds is 0. The number of hydrogen-bond donors (Lipinski definition) is 0. The van der Waals surface area contributed by atoms with Gasteiger partial charge >= 0.3 is 0 Å². The molecule has 0 N–H and O–H groups in total. The summed E-state index contributed by atoms with van der Waals surface area (Å²) in [7, 11) is 4.13. The Morgan fingerprint density at radius 2 is 2.08 bits per heavy atom. The molecule has 0 bridgehead atoms. The van der Waals surface area contributed by atoms with Gasteiger partial charge in [-0.2, -0.15) is 0 Å². The van der Waals surface area contributed by atoms with E-state index in [0.717, 1.165) is 12.0 Å². The van der Waals surface area contributed by atoms with E-state index in [1.807, 2.05) is 7.05 Å². The summed E-state index contributed by atoms with van der Waals surface area (Å²) >= 11 is 0. The lowest BCUT2D eigenvalue weighted by Gasteiger charge is -2.29. The minimum absolute atomic E-state index is 0.817. The summed E-state index contributed by atoms with van der Waals surface area (Å²) in [6, 6.07) is 0.817. The van der Waals surface area contributed by atoms with E-state index >= 15 is 0 Å². The van der Waals surface area contributed by atoms with Crippen molar-refractivity contribution >= 4 is 5.84 Å². The highest BCUT2D eigenvalue weighted by Gasteiger charge is 2.36. The normalized spacial score (nSPS) is 38.8. The predicted octanol–water partition coefficient (Wildman–Crippen LogP) is 1.91. The second kappa shape index (κ2) is 3.08. The Labute approximate surface area is 74.7 Å². The van der Waals surface area contributed by atoms with Crippen molar-refractivity contribution in [1.82, 2.24) is 4.90 Å². The summed E-state index contributed by atoms with van der Waals surface area (Å²) in [5.41, 5.74) is 0. The number of nitrogens with zero attached hydrogens (tertiary/aromatic N) is 2. The molecule has 0 radical (unpaired) electrons. The molecule has 1 saturated carbocycles. The predicted molar refractivity (Wildman–Crippen MR) is 51.5 cm³/mol. The third kappa shape index (κ3) is 1.13. The molecule has 2 unspecified atom stereocenters. The van der Waals surface area contributed by atoms with Crippen LogP contribution in [-0.2, 0) is 0 Å². The highest BCUT2D eigenvalue weighted by atomic mass is 15.2. The average Bonchev–Trinajstić information content (AvgIpc) is 2.44. The van der Waals surface area contributed by atoms with Gasteiger partial charge in [0.15, 0.2) is 0 Å². The molecule has 2 fully saturated rings. The van der Waals surface area contributed by atoms with Crippen LogP contribution in [0.4, 0.5) is 0 Å². The third-order valence-electron chi connectivity index (χ3n) is 3.48. The molecule has 2 rings (SSSR count). The fraction of sp³-hybridized carbons (Fsp3) is 0.900. The summed E-state index contributed by atoms with van der Waals surface area (Å²) in [5.74, 6) is 2.24. The van der Waals surface area contributed by atoms with Crippen molar-refractivity contribution < 1.29 is 0 Å². The van der Waals surface area contributed by atoms with Crippen LogP contribution in [0.3, 0.4) is 0 Å². The smallest absolute Gasteiger partial charge is 0.0989 e. The Balaban J connectivity index is 2.13. The van der Waals surface area contributed by atoms with E-state index in [4.69, 9.17) is 0 Å². The Morgan fingerprint density at radius 3 is 2.75 bits per heavy atom. The first-order valence-corrected chi connectivity index (χ1v) is 5.01. The zero-order valence-electron chi connectivity index (χ0n) is 8.08. The lowest BCUT2D eigenvalue weighted by atomic mass is 9.85. The Morgan fingerprint density at radius 1 is 1.33 bits per heavy atom. The molecular formula is C10H18N2. The molecule has 1 heterocycles. The van der Waals surface area contributed by atoms with Gasteiger partial charge in [0.2, 0.25) is 0 Å². The van der Waals surface area contributed by atoms with Crippen LogP contribution in [0.25, 0.3) is 0 Å². The molecule has 2 atom stereocenters. The number of likely N-dealkylation sites (tertiary alicyclic amines) is 1. The molecule has 12 heavy (non-hydrogen) atoms. The number of fused-ring (bicyclic) bond motifs is 1. The minimum atomic E-state index is 0.817. The highest BCUT2D eigenvalue weighted by molar-refractivity contribution is 5.84. The molecule has 0 spiro atoms. The maximum atomic E-state index is 4.34. The maximum absolute atomic E-state index is 4.34. The van der Waals surface area contributed by atoms with Crippen molar-refractivity contribution in [3.05, 3.63) is 0 Å². The summed E-state index contributed by atoms with van der Waals surface area (Å²) in [4.78, 5) is 6.74. The zero-order valence-corrected chi connectivity index (χ0v) is 8.08. The zero-order chi connectivity index (χ0) is 8.55. The minimum Gasteiger partial charge on any atom is -0.360 e. The van der Waals surface area contributed by atoms with Crippen LogP contribution in [0.1, 0.15) is 32.1 Å². The van der Waals surface area contributed by atoms with Gasteiger partial charge in [-0.3, -0.25) is 4.99 Å². The van der Waals surface area contributed by atoms with Crippen LogP contribution in [0.2, 0.25) is 0 Å². The van der Waals surface area contributed by atoms with E-state index in [9.17, 15) is 0 Å². The maximum Gasteiger partial charge on any atom is 0.0989 e. The van der Waals surface area contributed by atoms with Gasteiger partial charge in [-0.1, -0.05) is 12.8 Å². The average molecular weight is 166 g/mol. The van der Waals surface area contributed by atoms with Crippen LogP contribution in [0.15, 0.2) is 4.99 Å². The SMILES string of the molecule is CN=C1CC2CCCCC2N1C. The number of aliphatic imine (C=N–C) groups is 1. The van der Waals surface area contributed by atoms with Crippen molar-refractivity contribution in [1.29, 1.82) is 0 Å². The van der Waals surface area contributed by atoms with Gasteiger partial charge in [0, 0.05) is 26.6 Å². The van der Waals surface area contributed by atoms with E-state index in [0.29, 0.717) is 0 Å². The van der Waals surface area contributed by atoms with Gasteiger partial charge in [-0.05, 0) is 18.8 Å². The van der Waals surface area contributed by atoms with Crippen LogP contribution in [0.5, 0.6) is 0 Å². The molecule has 0 aromatic carbocycles. The van der Waals surface area contributed by atoms with E-state index in [2.05, 4.69) is 16.9 Å². The quantitative estimate of drug-likeness (QED) is 0.536. The second-order valence-electron chi connectivity index (χ2n) is 4.07. The van der Waals surface area contributed by atoms with Crippen molar-refractivity contribution in [2.75, 3.05) is 14.1 Å². The Kier molecular flexibility index (Phi) is 2.07. The van der Waals surface area contributed by atoms with E-state index in [1.165, 1.54) is 37.9 Å². The van der Waals surface area contributed by atoms with Crippen molar-refractivity contribution in [3.63, 3.8) is 0 Å². The van der Waals surface area contributed by atoms with Gasteiger partial charge < -0.3 is 4.90 Å². The molecule has 2 nitrogen and oxygen atoms in total. The molecular weight excluding hydrogens is 148 g/mol. The summed E-state index contributed by atoms with van der Waals surface area (Å²) in [5, 5.41) is 0. The molecule has 0 aromatic heterocycles. The van der Waals surface area contributed by atoms with Gasteiger partial charge in [0.25, 0.3) is 0 Å². The standard InChI is InChI=1S/C10H18N2/c1-11-10-7-8-5-3-4-6-9(8)12(10)2/h8-9H,3-7H2,1-2H3. The largest absolute Gasteiger partial charge is 0.360 e. The fourth-order valence-corrected chi connectivity index (χ4v) is 2.76. The topological polar surface area (TPSA) is 15.6 Å². The van der Waals surface area contributed by atoms with Crippen LogP contribution < -0.4 is 0 Å². The van der Waals surface area contributed by atoms with Crippen molar-refractivity contribution in [3.8, 4) is 0 Å². The molecule has 0 amide bonds. The van der Waals surface area contributed by atoms with Crippen LogP contribution in [0, 0.1) is 5.92 Å². The molecule has 1 aliphatic heterocycles. The molecule has 1 aliphatic carbocycles. The molecule has 2 aliphatic rings. The van der Waals surface area contributed by atoms with Crippen molar-refractivity contribution in [2.24, 2.45) is 10.9 Å². The first-order chi connectivity index (χ1) is 5.83.